The number of hydrogen-bond donors (Lipinski definition) is 0. The first-order valence-corrected chi connectivity index (χ1v) is 10.00. The van der Waals surface area contributed by atoms with Crippen LogP contribution in [0, 0.1) is 6.92 Å². The first kappa shape index (κ1) is 17.4. The highest BCUT2D eigenvalue weighted by Crippen LogP contribution is 2.28. The smallest absolute Gasteiger partial charge is 0.157 e. The maximum Gasteiger partial charge on any atom is 0.157 e. The third-order valence-electron chi connectivity index (χ3n) is 5.65. The molecule has 0 amide bonds. The van der Waals surface area contributed by atoms with Crippen molar-refractivity contribution in [1.82, 2.24) is 24.6 Å². The Balaban J connectivity index is 1.30. The van der Waals surface area contributed by atoms with Crippen LogP contribution in [0.3, 0.4) is 0 Å². The van der Waals surface area contributed by atoms with Crippen LogP contribution >= 0.6 is 0 Å². The van der Waals surface area contributed by atoms with Crippen molar-refractivity contribution in [3.63, 3.8) is 0 Å². The summed E-state index contributed by atoms with van der Waals surface area (Å²) in [5.74, 6) is 3.40. The van der Waals surface area contributed by atoms with Gasteiger partial charge in [0.05, 0.1) is 6.20 Å². The van der Waals surface area contributed by atoms with Gasteiger partial charge in [0.1, 0.15) is 17.5 Å². The normalized spacial score (nSPS) is 18.8. The van der Waals surface area contributed by atoms with Crippen LogP contribution in [0.5, 0.6) is 0 Å². The van der Waals surface area contributed by atoms with Crippen LogP contribution in [-0.4, -0.2) is 64.0 Å². The molecule has 8 heteroatoms. The summed E-state index contributed by atoms with van der Waals surface area (Å²) in [6, 6.07) is 6.16. The van der Waals surface area contributed by atoms with Crippen molar-refractivity contribution < 1.29 is 4.74 Å². The van der Waals surface area contributed by atoms with E-state index in [1.54, 1.807) is 10.7 Å². The molecule has 8 nitrogen and oxygen atoms in total. The van der Waals surface area contributed by atoms with Crippen molar-refractivity contribution in [2.45, 2.75) is 25.7 Å². The molecule has 0 N–H and O–H groups in total. The van der Waals surface area contributed by atoms with Gasteiger partial charge in [0.15, 0.2) is 5.65 Å². The number of aryl methyl sites for hydroxylation is 1. The molecule has 0 saturated carbocycles. The van der Waals surface area contributed by atoms with Gasteiger partial charge in [0.25, 0.3) is 0 Å². The number of hydrogen-bond acceptors (Lipinski definition) is 7. The number of piperazine rings is 1. The van der Waals surface area contributed by atoms with E-state index in [2.05, 4.69) is 21.0 Å². The molecule has 0 aliphatic carbocycles. The quantitative estimate of drug-likeness (QED) is 0.690. The standard InChI is InChI=1S/C20H25N7O/c1-15-22-17(16-4-12-28-13-5-16)14-20(23-15)26-10-8-25(9-11-26)18-3-7-27-19(24-18)2-6-21-27/h2-3,6-7,14,16H,4-5,8-13H2,1H3. The molecule has 3 aromatic rings. The predicted octanol–water partition coefficient (Wildman–Crippen LogP) is 2.05. The second-order valence-corrected chi connectivity index (χ2v) is 7.48. The van der Waals surface area contributed by atoms with Gasteiger partial charge in [0.2, 0.25) is 0 Å². The molecule has 5 heterocycles. The molecule has 5 rings (SSSR count). The summed E-state index contributed by atoms with van der Waals surface area (Å²) < 4.78 is 7.30. The Labute approximate surface area is 164 Å². The molecule has 0 radical (unpaired) electrons. The van der Waals surface area contributed by atoms with Crippen molar-refractivity contribution >= 4 is 17.3 Å². The lowest BCUT2D eigenvalue weighted by molar-refractivity contribution is 0.0844. The summed E-state index contributed by atoms with van der Waals surface area (Å²) in [6.07, 6.45) is 5.84. The Bertz CT molecular complexity index is 958. The zero-order valence-electron chi connectivity index (χ0n) is 16.2. The van der Waals surface area contributed by atoms with Gasteiger partial charge in [-0.3, -0.25) is 0 Å². The van der Waals surface area contributed by atoms with Gasteiger partial charge in [0, 0.05) is 69.3 Å². The van der Waals surface area contributed by atoms with E-state index < -0.39 is 0 Å². The molecule has 0 aromatic carbocycles. The van der Waals surface area contributed by atoms with Crippen LogP contribution in [0.15, 0.2) is 30.6 Å². The summed E-state index contributed by atoms with van der Waals surface area (Å²) in [4.78, 5) is 18.9. The molecular weight excluding hydrogens is 354 g/mol. The van der Waals surface area contributed by atoms with Gasteiger partial charge in [-0.1, -0.05) is 0 Å². The van der Waals surface area contributed by atoms with Gasteiger partial charge >= 0.3 is 0 Å². The van der Waals surface area contributed by atoms with Gasteiger partial charge in [-0.05, 0) is 25.8 Å². The Morgan fingerprint density at radius 3 is 2.46 bits per heavy atom. The van der Waals surface area contributed by atoms with Gasteiger partial charge in [-0.15, -0.1) is 0 Å². The second-order valence-electron chi connectivity index (χ2n) is 7.48. The lowest BCUT2D eigenvalue weighted by Gasteiger charge is -2.36. The minimum Gasteiger partial charge on any atom is -0.381 e. The minimum absolute atomic E-state index is 0.488. The SMILES string of the molecule is Cc1nc(C2CCOCC2)cc(N2CCN(c3ccn4nccc4n3)CC2)n1. The number of fused-ring (bicyclic) bond motifs is 1. The minimum atomic E-state index is 0.488. The number of ether oxygens (including phenoxy) is 1. The highest BCUT2D eigenvalue weighted by molar-refractivity contribution is 5.50. The highest BCUT2D eigenvalue weighted by Gasteiger charge is 2.23. The Kier molecular flexibility index (Phi) is 4.56. The van der Waals surface area contributed by atoms with E-state index in [0.29, 0.717) is 5.92 Å². The maximum atomic E-state index is 5.50. The average Bonchev–Trinajstić information content (AvgIpc) is 3.22. The van der Waals surface area contributed by atoms with Crippen molar-refractivity contribution in [1.29, 1.82) is 0 Å². The van der Waals surface area contributed by atoms with Crippen molar-refractivity contribution in [3.05, 3.63) is 42.1 Å². The summed E-state index contributed by atoms with van der Waals surface area (Å²) in [5, 5.41) is 4.22. The first-order chi connectivity index (χ1) is 13.8. The third kappa shape index (κ3) is 3.40. The molecule has 2 saturated heterocycles. The van der Waals surface area contributed by atoms with Crippen LogP contribution in [-0.2, 0) is 4.74 Å². The van der Waals surface area contributed by atoms with E-state index in [1.165, 1.54) is 5.69 Å². The molecule has 0 atom stereocenters. The first-order valence-electron chi connectivity index (χ1n) is 10.00. The van der Waals surface area contributed by atoms with E-state index in [1.807, 2.05) is 25.3 Å². The van der Waals surface area contributed by atoms with E-state index in [4.69, 9.17) is 19.7 Å². The Morgan fingerprint density at radius 2 is 1.68 bits per heavy atom. The molecule has 2 fully saturated rings. The zero-order valence-corrected chi connectivity index (χ0v) is 16.2. The lowest BCUT2D eigenvalue weighted by atomic mass is 9.96. The maximum absolute atomic E-state index is 5.50. The van der Waals surface area contributed by atoms with E-state index >= 15 is 0 Å². The molecule has 0 bridgehead atoms. The monoisotopic (exact) mass is 379 g/mol. The molecule has 146 valence electrons. The fourth-order valence-electron chi connectivity index (χ4n) is 4.08. The van der Waals surface area contributed by atoms with Crippen LogP contribution < -0.4 is 9.80 Å². The molecule has 2 aliphatic rings. The van der Waals surface area contributed by atoms with Crippen molar-refractivity contribution in [3.8, 4) is 0 Å². The van der Waals surface area contributed by atoms with Crippen LogP contribution in [0.1, 0.15) is 30.3 Å². The van der Waals surface area contributed by atoms with Gasteiger partial charge in [-0.25, -0.2) is 19.5 Å². The Morgan fingerprint density at radius 1 is 0.929 bits per heavy atom. The van der Waals surface area contributed by atoms with Crippen LogP contribution in [0.2, 0.25) is 0 Å². The predicted molar refractivity (Wildman–Crippen MR) is 107 cm³/mol. The average molecular weight is 379 g/mol. The molecule has 2 aliphatic heterocycles. The molecular formula is C20H25N7O. The van der Waals surface area contributed by atoms with Gasteiger partial charge in [-0.2, -0.15) is 5.10 Å². The van der Waals surface area contributed by atoms with E-state index in [0.717, 1.165) is 75.3 Å². The summed E-state index contributed by atoms with van der Waals surface area (Å²) in [7, 11) is 0. The summed E-state index contributed by atoms with van der Waals surface area (Å²) in [5.41, 5.74) is 2.05. The van der Waals surface area contributed by atoms with Crippen LogP contribution in [0.4, 0.5) is 11.6 Å². The molecule has 3 aromatic heterocycles. The number of anilines is 2. The molecule has 0 unspecified atom stereocenters. The third-order valence-corrected chi connectivity index (χ3v) is 5.65. The lowest BCUT2D eigenvalue weighted by Crippen LogP contribution is -2.47. The highest BCUT2D eigenvalue weighted by atomic mass is 16.5. The number of rotatable bonds is 3. The van der Waals surface area contributed by atoms with Crippen molar-refractivity contribution in [2.24, 2.45) is 0 Å². The molecule has 0 spiro atoms. The fourth-order valence-corrected chi connectivity index (χ4v) is 4.08. The fraction of sp³-hybridized carbons (Fsp3) is 0.500. The van der Waals surface area contributed by atoms with E-state index in [9.17, 15) is 0 Å². The van der Waals surface area contributed by atoms with Crippen molar-refractivity contribution in [2.75, 3.05) is 49.2 Å². The summed E-state index contributed by atoms with van der Waals surface area (Å²) in [6.45, 7) is 7.35. The Hall–Kier alpha value is -2.74. The largest absolute Gasteiger partial charge is 0.381 e. The number of aromatic nitrogens is 5. The topological polar surface area (TPSA) is 71.7 Å². The molecule has 28 heavy (non-hydrogen) atoms. The van der Waals surface area contributed by atoms with E-state index in [-0.39, 0.29) is 0 Å². The van der Waals surface area contributed by atoms with Gasteiger partial charge < -0.3 is 14.5 Å². The number of nitrogens with zero attached hydrogens (tertiary/aromatic N) is 7. The zero-order chi connectivity index (χ0) is 18.9. The second kappa shape index (κ2) is 7.35. The van der Waals surface area contributed by atoms with Crippen LogP contribution in [0.25, 0.3) is 5.65 Å². The summed E-state index contributed by atoms with van der Waals surface area (Å²) >= 11 is 0.